The van der Waals surface area contributed by atoms with Crippen LogP contribution in [0.5, 0.6) is 0 Å². The molecule has 0 aliphatic carbocycles. The summed E-state index contributed by atoms with van der Waals surface area (Å²) < 4.78 is 4.87. The van der Waals surface area contributed by atoms with E-state index in [2.05, 4.69) is 20.6 Å². The number of methoxy groups -OCH3 is 1. The number of anilines is 2. The lowest BCUT2D eigenvalue weighted by Crippen LogP contribution is -2.37. The van der Waals surface area contributed by atoms with E-state index in [4.69, 9.17) is 4.74 Å². The Labute approximate surface area is 113 Å². The smallest absolute Gasteiger partial charge is 0.239 e. The van der Waals surface area contributed by atoms with Gasteiger partial charge in [0.2, 0.25) is 5.91 Å². The Morgan fingerprint density at radius 1 is 1.47 bits per heavy atom. The molecule has 0 fully saturated rings. The van der Waals surface area contributed by atoms with Gasteiger partial charge in [0, 0.05) is 33.3 Å². The van der Waals surface area contributed by atoms with Gasteiger partial charge in [-0.1, -0.05) is 0 Å². The zero-order chi connectivity index (χ0) is 14.1. The van der Waals surface area contributed by atoms with Crippen LogP contribution in [0.15, 0.2) is 12.4 Å². The highest BCUT2D eigenvalue weighted by Crippen LogP contribution is 2.11. The van der Waals surface area contributed by atoms with Crippen LogP contribution in [-0.2, 0) is 9.53 Å². The molecular formula is C12H21N5O2. The van der Waals surface area contributed by atoms with Crippen LogP contribution < -0.4 is 15.5 Å². The molecule has 0 saturated heterocycles. The Balaban J connectivity index is 2.50. The fourth-order valence-corrected chi connectivity index (χ4v) is 1.48. The number of carbonyl (C=O) groups excluding carboxylic acids is 1. The lowest BCUT2D eigenvalue weighted by molar-refractivity contribution is -0.119. The quantitative estimate of drug-likeness (QED) is 0.651. The minimum atomic E-state index is -0.0665. The highest BCUT2D eigenvalue weighted by Gasteiger charge is 2.08. The van der Waals surface area contributed by atoms with Crippen molar-refractivity contribution in [3.05, 3.63) is 12.4 Å². The van der Waals surface area contributed by atoms with Crippen molar-refractivity contribution in [2.45, 2.75) is 6.92 Å². The maximum atomic E-state index is 11.6. The second-order valence-corrected chi connectivity index (χ2v) is 3.99. The molecule has 2 N–H and O–H groups in total. The molecule has 1 amide bonds. The molecule has 0 saturated carbocycles. The molecule has 106 valence electrons. The third-order valence-corrected chi connectivity index (χ3v) is 2.41. The molecule has 0 atom stereocenters. The molecule has 1 aromatic rings. The van der Waals surface area contributed by atoms with Gasteiger partial charge in [-0.05, 0) is 6.92 Å². The average molecular weight is 267 g/mol. The highest BCUT2D eigenvalue weighted by molar-refractivity contribution is 5.80. The number of hydrogen-bond acceptors (Lipinski definition) is 6. The van der Waals surface area contributed by atoms with Crippen molar-refractivity contribution >= 4 is 17.5 Å². The summed E-state index contributed by atoms with van der Waals surface area (Å²) in [5, 5.41) is 5.86. The first-order valence-corrected chi connectivity index (χ1v) is 6.20. The van der Waals surface area contributed by atoms with E-state index in [1.165, 1.54) is 6.33 Å². The average Bonchev–Trinajstić information content (AvgIpc) is 2.39. The molecule has 19 heavy (non-hydrogen) atoms. The van der Waals surface area contributed by atoms with Gasteiger partial charge >= 0.3 is 0 Å². The highest BCUT2D eigenvalue weighted by atomic mass is 16.5. The van der Waals surface area contributed by atoms with Crippen LogP contribution in [0.2, 0.25) is 0 Å². The minimum absolute atomic E-state index is 0.0665. The predicted molar refractivity (Wildman–Crippen MR) is 74.4 cm³/mol. The summed E-state index contributed by atoms with van der Waals surface area (Å²) in [4.78, 5) is 21.6. The number of amides is 1. The summed E-state index contributed by atoms with van der Waals surface area (Å²) >= 11 is 0. The monoisotopic (exact) mass is 267 g/mol. The van der Waals surface area contributed by atoms with E-state index in [0.29, 0.717) is 19.0 Å². The first-order chi connectivity index (χ1) is 9.17. The number of carbonyl (C=O) groups is 1. The first-order valence-electron chi connectivity index (χ1n) is 6.20. The Morgan fingerprint density at radius 3 is 2.95 bits per heavy atom. The van der Waals surface area contributed by atoms with Gasteiger partial charge < -0.3 is 20.3 Å². The molecule has 0 aliphatic rings. The molecule has 0 radical (unpaired) electrons. The number of rotatable bonds is 8. The molecule has 0 bridgehead atoms. The van der Waals surface area contributed by atoms with Gasteiger partial charge in [-0.3, -0.25) is 4.79 Å². The normalized spacial score (nSPS) is 10.1. The van der Waals surface area contributed by atoms with Crippen molar-refractivity contribution in [2.75, 3.05) is 50.6 Å². The van der Waals surface area contributed by atoms with Crippen molar-refractivity contribution in [2.24, 2.45) is 0 Å². The topological polar surface area (TPSA) is 79.4 Å². The van der Waals surface area contributed by atoms with Gasteiger partial charge in [0.1, 0.15) is 18.0 Å². The van der Waals surface area contributed by atoms with E-state index in [9.17, 15) is 4.79 Å². The molecule has 1 rings (SSSR count). The molecule has 1 heterocycles. The van der Waals surface area contributed by atoms with Crippen molar-refractivity contribution in [3.8, 4) is 0 Å². The number of hydrogen-bond donors (Lipinski definition) is 2. The lowest BCUT2D eigenvalue weighted by atomic mass is 10.4. The molecule has 1 aromatic heterocycles. The SMILES string of the molecule is CCNc1cc(N(C)CC(=O)NCCOC)ncn1. The Morgan fingerprint density at radius 2 is 2.26 bits per heavy atom. The largest absolute Gasteiger partial charge is 0.383 e. The lowest BCUT2D eigenvalue weighted by Gasteiger charge is -2.18. The van der Waals surface area contributed by atoms with Gasteiger partial charge in [0.25, 0.3) is 0 Å². The van der Waals surface area contributed by atoms with E-state index in [-0.39, 0.29) is 12.5 Å². The van der Waals surface area contributed by atoms with E-state index < -0.39 is 0 Å². The van der Waals surface area contributed by atoms with Crippen LogP contribution in [0.25, 0.3) is 0 Å². The Bertz CT molecular complexity index is 399. The molecular weight excluding hydrogens is 246 g/mol. The summed E-state index contributed by atoms with van der Waals surface area (Å²) in [6.07, 6.45) is 1.48. The van der Waals surface area contributed by atoms with Crippen LogP contribution in [-0.4, -0.2) is 56.3 Å². The molecule has 7 nitrogen and oxygen atoms in total. The maximum Gasteiger partial charge on any atom is 0.239 e. The number of ether oxygens (including phenoxy) is 1. The zero-order valence-electron chi connectivity index (χ0n) is 11.6. The van der Waals surface area contributed by atoms with E-state index >= 15 is 0 Å². The van der Waals surface area contributed by atoms with E-state index in [1.807, 2.05) is 20.0 Å². The molecule has 0 aliphatic heterocycles. The maximum absolute atomic E-state index is 11.6. The van der Waals surface area contributed by atoms with Crippen LogP contribution in [0.4, 0.5) is 11.6 Å². The predicted octanol–water partition coefficient (Wildman–Crippen LogP) is 0.107. The third kappa shape index (κ3) is 5.52. The van der Waals surface area contributed by atoms with E-state index in [1.54, 1.807) is 12.0 Å². The van der Waals surface area contributed by atoms with Crippen molar-refractivity contribution in [1.82, 2.24) is 15.3 Å². The van der Waals surface area contributed by atoms with Crippen molar-refractivity contribution < 1.29 is 9.53 Å². The first kappa shape index (κ1) is 15.2. The molecule has 0 spiro atoms. The van der Waals surface area contributed by atoms with E-state index in [0.717, 1.165) is 12.4 Å². The van der Waals surface area contributed by atoms with Crippen molar-refractivity contribution in [3.63, 3.8) is 0 Å². The summed E-state index contributed by atoms with van der Waals surface area (Å²) in [5.41, 5.74) is 0. The number of nitrogens with zero attached hydrogens (tertiary/aromatic N) is 3. The standard InChI is InChI=1S/C12H21N5O2/c1-4-13-10-7-11(16-9-15-10)17(2)8-12(18)14-5-6-19-3/h7,9H,4-6,8H2,1-3H3,(H,14,18)(H,13,15,16). The van der Waals surface area contributed by atoms with Crippen LogP contribution in [0, 0.1) is 0 Å². The molecule has 0 aromatic carbocycles. The minimum Gasteiger partial charge on any atom is -0.383 e. The Hall–Kier alpha value is -1.89. The zero-order valence-corrected chi connectivity index (χ0v) is 11.6. The summed E-state index contributed by atoms with van der Waals surface area (Å²) in [6.45, 7) is 4.04. The molecule has 7 heteroatoms. The number of nitrogens with one attached hydrogen (secondary N) is 2. The second-order valence-electron chi connectivity index (χ2n) is 3.99. The van der Waals surface area contributed by atoms with Gasteiger partial charge in [-0.2, -0.15) is 0 Å². The summed E-state index contributed by atoms with van der Waals surface area (Å²) in [5.74, 6) is 1.38. The van der Waals surface area contributed by atoms with Gasteiger partial charge in [-0.15, -0.1) is 0 Å². The van der Waals surface area contributed by atoms with Gasteiger partial charge in [0.05, 0.1) is 13.2 Å². The van der Waals surface area contributed by atoms with Crippen LogP contribution >= 0.6 is 0 Å². The second kappa shape index (κ2) is 8.25. The van der Waals surface area contributed by atoms with Crippen LogP contribution in [0.3, 0.4) is 0 Å². The van der Waals surface area contributed by atoms with Crippen molar-refractivity contribution in [1.29, 1.82) is 0 Å². The summed E-state index contributed by atoms with van der Waals surface area (Å²) in [7, 11) is 3.41. The van der Waals surface area contributed by atoms with Crippen LogP contribution in [0.1, 0.15) is 6.92 Å². The fraction of sp³-hybridized carbons (Fsp3) is 0.583. The third-order valence-electron chi connectivity index (χ3n) is 2.41. The summed E-state index contributed by atoms with van der Waals surface area (Å²) in [6, 6.07) is 1.81. The fourth-order valence-electron chi connectivity index (χ4n) is 1.48. The Kier molecular flexibility index (Phi) is 6.59. The van der Waals surface area contributed by atoms with Gasteiger partial charge in [0.15, 0.2) is 0 Å². The molecule has 0 unspecified atom stereocenters. The van der Waals surface area contributed by atoms with Gasteiger partial charge in [-0.25, -0.2) is 9.97 Å². The number of aromatic nitrogens is 2. The number of likely N-dealkylation sites (N-methyl/N-ethyl adjacent to an activating group) is 1.